The van der Waals surface area contributed by atoms with Crippen LogP contribution in [0.2, 0.25) is 0 Å². The van der Waals surface area contributed by atoms with Gasteiger partial charge in [0.15, 0.2) is 0 Å². The van der Waals surface area contributed by atoms with Crippen LogP contribution in [0.15, 0.2) is 0 Å². The number of esters is 1. The van der Waals surface area contributed by atoms with Gasteiger partial charge in [-0.25, -0.2) is 0 Å². The molecule has 0 amide bonds. The Hall–Kier alpha value is -0.690. The molecule has 2 unspecified atom stereocenters. The van der Waals surface area contributed by atoms with E-state index in [1.165, 1.54) is 7.11 Å². The zero-order valence-electron chi connectivity index (χ0n) is 13.2. The first-order valence-electron chi connectivity index (χ1n) is 7.54. The second-order valence-electron chi connectivity index (χ2n) is 5.58. The van der Waals surface area contributed by atoms with Gasteiger partial charge in [-0.3, -0.25) is 4.79 Å². The highest BCUT2D eigenvalue weighted by Crippen LogP contribution is 2.27. The Morgan fingerprint density at radius 3 is 2.38 bits per heavy atom. The average molecular weight is 304 g/mol. The van der Waals surface area contributed by atoms with Crippen LogP contribution in [-0.4, -0.2) is 63.4 Å². The summed E-state index contributed by atoms with van der Waals surface area (Å²) in [6.45, 7) is 2.89. The number of carbonyl (C=O) groups excluding carboxylic acids is 1. The van der Waals surface area contributed by atoms with Crippen LogP contribution in [-0.2, 0) is 23.7 Å². The van der Waals surface area contributed by atoms with Crippen LogP contribution < -0.4 is 0 Å². The minimum atomic E-state index is -0.636. The number of carbonyl (C=O) groups is 1. The molecule has 0 spiro atoms. The van der Waals surface area contributed by atoms with Crippen molar-refractivity contribution in [3.63, 3.8) is 0 Å². The molecule has 0 aromatic heterocycles. The van der Waals surface area contributed by atoms with E-state index >= 15 is 0 Å². The van der Waals surface area contributed by atoms with E-state index in [-0.39, 0.29) is 37.3 Å². The summed E-state index contributed by atoms with van der Waals surface area (Å²) in [5, 5.41) is 9.81. The molecule has 6 heteroatoms. The third-order valence-corrected chi connectivity index (χ3v) is 3.71. The first-order chi connectivity index (χ1) is 10.1. The quantitative estimate of drug-likeness (QED) is 0.644. The Kier molecular flexibility index (Phi) is 8.84. The van der Waals surface area contributed by atoms with Gasteiger partial charge in [0.1, 0.15) is 6.10 Å². The van der Waals surface area contributed by atoms with Gasteiger partial charge in [-0.1, -0.05) is 0 Å². The van der Waals surface area contributed by atoms with Crippen molar-refractivity contribution >= 4 is 5.97 Å². The highest BCUT2D eigenvalue weighted by molar-refractivity contribution is 5.72. The van der Waals surface area contributed by atoms with Crippen molar-refractivity contribution in [1.82, 2.24) is 0 Å². The Balaban J connectivity index is 2.11. The van der Waals surface area contributed by atoms with Crippen molar-refractivity contribution in [3.05, 3.63) is 0 Å². The van der Waals surface area contributed by atoms with Crippen LogP contribution in [0.5, 0.6) is 0 Å². The predicted molar refractivity (Wildman–Crippen MR) is 77.0 cm³/mol. The molecule has 0 radical (unpaired) electrons. The SMILES string of the molecule is COCC(C)OCC(O)COC1CCC(C(=O)OC)CC1. The van der Waals surface area contributed by atoms with Crippen LogP contribution in [0.3, 0.4) is 0 Å². The number of methoxy groups -OCH3 is 2. The highest BCUT2D eigenvalue weighted by atomic mass is 16.5. The van der Waals surface area contributed by atoms with E-state index in [9.17, 15) is 9.90 Å². The lowest BCUT2D eigenvalue weighted by atomic mass is 9.87. The first-order valence-corrected chi connectivity index (χ1v) is 7.54. The molecule has 1 saturated carbocycles. The summed E-state index contributed by atoms with van der Waals surface area (Å²) < 4.78 is 20.8. The molecule has 1 aliphatic rings. The molecule has 1 N–H and O–H groups in total. The standard InChI is InChI=1S/C15H28O6/c1-11(8-18-2)20-9-13(16)10-21-14-6-4-12(5-7-14)15(17)19-3/h11-14,16H,4-10H2,1-3H3. The lowest BCUT2D eigenvalue weighted by molar-refractivity contribution is -0.148. The first kappa shape index (κ1) is 18.4. The van der Waals surface area contributed by atoms with Crippen molar-refractivity contribution < 1.29 is 28.8 Å². The summed E-state index contributed by atoms with van der Waals surface area (Å²) in [5.41, 5.74) is 0. The molecule has 1 aliphatic carbocycles. The minimum Gasteiger partial charge on any atom is -0.469 e. The van der Waals surface area contributed by atoms with E-state index in [1.54, 1.807) is 7.11 Å². The van der Waals surface area contributed by atoms with E-state index in [2.05, 4.69) is 0 Å². The zero-order chi connectivity index (χ0) is 15.7. The Morgan fingerprint density at radius 1 is 1.14 bits per heavy atom. The van der Waals surface area contributed by atoms with E-state index in [4.69, 9.17) is 18.9 Å². The maximum Gasteiger partial charge on any atom is 0.308 e. The summed E-state index contributed by atoms with van der Waals surface area (Å²) in [4.78, 5) is 11.4. The van der Waals surface area contributed by atoms with E-state index in [0.717, 1.165) is 25.7 Å². The third-order valence-electron chi connectivity index (χ3n) is 3.71. The summed E-state index contributed by atoms with van der Waals surface area (Å²) in [7, 11) is 3.04. The van der Waals surface area contributed by atoms with Gasteiger partial charge in [0.2, 0.25) is 0 Å². The Morgan fingerprint density at radius 2 is 1.81 bits per heavy atom. The van der Waals surface area contributed by atoms with Gasteiger partial charge in [-0.05, 0) is 32.6 Å². The number of ether oxygens (including phenoxy) is 4. The smallest absolute Gasteiger partial charge is 0.308 e. The minimum absolute atomic E-state index is 0.00185. The Bertz CT molecular complexity index is 288. The van der Waals surface area contributed by atoms with E-state index in [1.807, 2.05) is 6.92 Å². The molecule has 0 bridgehead atoms. The second kappa shape index (κ2) is 10.1. The highest BCUT2D eigenvalue weighted by Gasteiger charge is 2.27. The molecule has 2 atom stereocenters. The third kappa shape index (κ3) is 7.22. The molecule has 6 nitrogen and oxygen atoms in total. The molecule has 0 aromatic rings. The number of aliphatic hydroxyl groups excluding tert-OH is 1. The van der Waals surface area contributed by atoms with Gasteiger partial charge < -0.3 is 24.1 Å². The summed E-state index contributed by atoms with van der Waals surface area (Å²) >= 11 is 0. The van der Waals surface area contributed by atoms with Gasteiger partial charge in [-0.2, -0.15) is 0 Å². The maximum absolute atomic E-state index is 11.4. The Labute approximate surface area is 126 Å². The van der Waals surface area contributed by atoms with Crippen LogP contribution in [0, 0.1) is 5.92 Å². The molecular weight excluding hydrogens is 276 g/mol. The number of hydrogen-bond donors (Lipinski definition) is 1. The lowest BCUT2D eigenvalue weighted by Gasteiger charge is -2.27. The number of hydrogen-bond acceptors (Lipinski definition) is 6. The number of rotatable bonds is 9. The van der Waals surface area contributed by atoms with Gasteiger partial charge in [0.25, 0.3) is 0 Å². The maximum atomic E-state index is 11.4. The van der Waals surface area contributed by atoms with E-state index in [0.29, 0.717) is 6.61 Å². The monoisotopic (exact) mass is 304 g/mol. The summed E-state index contributed by atoms with van der Waals surface area (Å²) in [5.74, 6) is -0.132. The van der Waals surface area contributed by atoms with Gasteiger partial charge in [0, 0.05) is 7.11 Å². The van der Waals surface area contributed by atoms with Crippen molar-refractivity contribution in [2.45, 2.75) is 50.9 Å². The molecule has 1 fully saturated rings. The topological polar surface area (TPSA) is 74.2 Å². The van der Waals surface area contributed by atoms with Crippen LogP contribution in [0.1, 0.15) is 32.6 Å². The summed E-state index contributed by atoms with van der Waals surface area (Å²) in [6, 6.07) is 0. The fourth-order valence-electron chi connectivity index (χ4n) is 2.49. The molecule has 0 heterocycles. The average Bonchev–Trinajstić information content (AvgIpc) is 2.51. The summed E-state index contributed by atoms with van der Waals surface area (Å²) in [6.07, 6.45) is 2.66. The molecule has 1 rings (SSSR count). The molecule has 0 saturated heterocycles. The molecule has 21 heavy (non-hydrogen) atoms. The van der Waals surface area contributed by atoms with Crippen molar-refractivity contribution in [3.8, 4) is 0 Å². The molecule has 0 aromatic carbocycles. The van der Waals surface area contributed by atoms with Crippen molar-refractivity contribution in [2.75, 3.05) is 34.0 Å². The van der Waals surface area contributed by atoms with Crippen LogP contribution in [0.4, 0.5) is 0 Å². The van der Waals surface area contributed by atoms with Gasteiger partial charge in [0.05, 0.1) is 45.1 Å². The van der Waals surface area contributed by atoms with Crippen molar-refractivity contribution in [1.29, 1.82) is 0 Å². The predicted octanol–water partition coefficient (Wildman–Crippen LogP) is 1.15. The fraction of sp³-hybridized carbons (Fsp3) is 0.933. The molecule has 124 valence electrons. The largest absolute Gasteiger partial charge is 0.469 e. The molecular formula is C15H28O6. The van der Waals surface area contributed by atoms with Crippen LogP contribution in [0.25, 0.3) is 0 Å². The van der Waals surface area contributed by atoms with Crippen LogP contribution >= 0.6 is 0 Å². The van der Waals surface area contributed by atoms with E-state index < -0.39 is 6.10 Å². The lowest BCUT2D eigenvalue weighted by Crippen LogP contribution is -2.31. The number of aliphatic hydroxyl groups is 1. The van der Waals surface area contributed by atoms with Gasteiger partial charge >= 0.3 is 5.97 Å². The second-order valence-corrected chi connectivity index (χ2v) is 5.58. The normalized spacial score (nSPS) is 25.3. The van der Waals surface area contributed by atoms with Crippen molar-refractivity contribution in [2.24, 2.45) is 5.92 Å². The van der Waals surface area contributed by atoms with Gasteiger partial charge in [-0.15, -0.1) is 0 Å². The zero-order valence-corrected chi connectivity index (χ0v) is 13.2. The molecule has 0 aliphatic heterocycles. The fourth-order valence-corrected chi connectivity index (χ4v) is 2.49.